The van der Waals surface area contributed by atoms with Crippen LogP contribution < -0.4 is 5.73 Å². The number of hydrogen-bond acceptors (Lipinski definition) is 2. The molecule has 1 heterocycles. The average Bonchev–Trinajstić information content (AvgIpc) is 2.46. The van der Waals surface area contributed by atoms with E-state index in [1.807, 2.05) is 25.1 Å². The van der Waals surface area contributed by atoms with Crippen molar-refractivity contribution in [3.8, 4) is 11.3 Å². The van der Waals surface area contributed by atoms with Gasteiger partial charge in [0.1, 0.15) is 11.6 Å². The van der Waals surface area contributed by atoms with E-state index in [4.69, 9.17) is 5.73 Å². The lowest BCUT2D eigenvalue weighted by molar-refractivity contribution is 1.15. The van der Waals surface area contributed by atoms with Gasteiger partial charge in [-0.15, -0.1) is 0 Å². The van der Waals surface area contributed by atoms with Gasteiger partial charge in [0.05, 0.1) is 5.69 Å². The molecule has 0 aliphatic rings. The Morgan fingerprint density at radius 3 is 2.50 bits per heavy atom. The smallest absolute Gasteiger partial charge is 0.149 e. The summed E-state index contributed by atoms with van der Waals surface area (Å²) in [5.74, 6) is 1.41. The van der Waals surface area contributed by atoms with Crippen molar-refractivity contribution in [2.24, 2.45) is 0 Å². The van der Waals surface area contributed by atoms with Crippen molar-refractivity contribution in [1.82, 2.24) is 9.97 Å². The number of hydrogen-bond donors (Lipinski definition) is 2. The van der Waals surface area contributed by atoms with Gasteiger partial charge in [-0.2, -0.15) is 0 Å². The third kappa shape index (κ3) is 1.37. The van der Waals surface area contributed by atoms with E-state index in [0.717, 1.165) is 17.1 Å². The predicted octanol–water partition coefficient (Wildman–Crippen LogP) is 2.28. The van der Waals surface area contributed by atoms with Crippen molar-refractivity contribution in [3.05, 3.63) is 35.7 Å². The Morgan fingerprint density at radius 2 is 1.93 bits per heavy atom. The molecule has 0 radical (unpaired) electrons. The number of benzene rings is 1. The molecule has 0 aliphatic carbocycles. The molecule has 1 aromatic carbocycles. The molecule has 0 spiro atoms. The Morgan fingerprint density at radius 1 is 1.21 bits per heavy atom. The van der Waals surface area contributed by atoms with Crippen LogP contribution in [0.4, 0.5) is 5.82 Å². The molecule has 0 fully saturated rings. The Labute approximate surface area is 83.0 Å². The number of anilines is 1. The fraction of sp³-hybridized carbons (Fsp3) is 0.182. The fourth-order valence-electron chi connectivity index (χ4n) is 1.57. The summed E-state index contributed by atoms with van der Waals surface area (Å²) in [5.41, 5.74) is 9.03. The van der Waals surface area contributed by atoms with Crippen LogP contribution in [0.15, 0.2) is 24.3 Å². The first-order chi connectivity index (χ1) is 6.68. The van der Waals surface area contributed by atoms with Crippen LogP contribution in [0.5, 0.6) is 0 Å². The number of rotatable bonds is 1. The molecular weight excluding hydrogens is 174 g/mol. The summed E-state index contributed by atoms with van der Waals surface area (Å²) in [7, 11) is 0. The maximum absolute atomic E-state index is 5.80. The minimum absolute atomic E-state index is 0.566. The highest BCUT2D eigenvalue weighted by atomic mass is 15.0. The van der Waals surface area contributed by atoms with Gasteiger partial charge in [-0.05, 0) is 19.4 Å². The SMILES string of the molecule is Cc1nc(N)c(-c2ccccc2C)[nH]1. The second-order valence-corrected chi connectivity index (χ2v) is 3.40. The van der Waals surface area contributed by atoms with Crippen LogP contribution >= 0.6 is 0 Å². The maximum Gasteiger partial charge on any atom is 0.149 e. The van der Waals surface area contributed by atoms with Crippen LogP contribution in [0.25, 0.3) is 11.3 Å². The van der Waals surface area contributed by atoms with Crippen molar-refractivity contribution in [2.75, 3.05) is 5.73 Å². The van der Waals surface area contributed by atoms with Crippen molar-refractivity contribution in [1.29, 1.82) is 0 Å². The molecule has 3 N–H and O–H groups in total. The van der Waals surface area contributed by atoms with Gasteiger partial charge < -0.3 is 10.7 Å². The lowest BCUT2D eigenvalue weighted by Gasteiger charge is -2.02. The van der Waals surface area contributed by atoms with Crippen molar-refractivity contribution < 1.29 is 0 Å². The van der Waals surface area contributed by atoms with Crippen LogP contribution in [-0.2, 0) is 0 Å². The molecule has 0 bridgehead atoms. The number of aromatic nitrogens is 2. The highest BCUT2D eigenvalue weighted by Gasteiger charge is 2.08. The van der Waals surface area contributed by atoms with Crippen molar-refractivity contribution >= 4 is 5.82 Å². The summed E-state index contributed by atoms with van der Waals surface area (Å²) in [6, 6.07) is 8.11. The van der Waals surface area contributed by atoms with Gasteiger partial charge in [-0.1, -0.05) is 24.3 Å². The standard InChI is InChI=1S/C11H13N3/c1-7-5-3-4-6-9(7)10-11(12)14-8(2)13-10/h3-6H,12H2,1-2H3,(H,13,14). The third-order valence-corrected chi connectivity index (χ3v) is 2.26. The molecule has 14 heavy (non-hydrogen) atoms. The molecule has 0 saturated heterocycles. The zero-order valence-electron chi connectivity index (χ0n) is 8.33. The number of H-pyrrole nitrogens is 1. The number of nitrogen functional groups attached to an aromatic ring is 1. The van der Waals surface area contributed by atoms with E-state index in [1.165, 1.54) is 5.56 Å². The van der Waals surface area contributed by atoms with E-state index in [9.17, 15) is 0 Å². The molecule has 0 amide bonds. The van der Waals surface area contributed by atoms with Crippen LogP contribution in [0.2, 0.25) is 0 Å². The number of nitrogens with two attached hydrogens (primary N) is 1. The summed E-state index contributed by atoms with van der Waals surface area (Å²) in [6.07, 6.45) is 0. The van der Waals surface area contributed by atoms with Crippen LogP contribution in [0.1, 0.15) is 11.4 Å². The van der Waals surface area contributed by atoms with E-state index >= 15 is 0 Å². The van der Waals surface area contributed by atoms with E-state index in [2.05, 4.69) is 23.0 Å². The van der Waals surface area contributed by atoms with E-state index in [0.29, 0.717) is 5.82 Å². The maximum atomic E-state index is 5.80. The van der Waals surface area contributed by atoms with Gasteiger partial charge in [-0.3, -0.25) is 0 Å². The van der Waals surface area contributed by atoms with Gasteiger partial charge in [0.25, 0.3) is 0 Å². The van der Waals surface area contributed by atoms with Gasteiger partial charge >= 0.3 is 0 Å². The molecule has 2 aromatic rings. The molecule has 3 heteroatoms. The minimum atomic E-state index is 0.566. The summed E-state index contributed by atoms with van der Waals surface area (Å²) in [6.45, 7) is 3.96. The van der Waals surface area contributed by atoms with Crippen LogP contribution in [0.3, 0.4) is 0 Å². The molecule has 0 saturated carbocycles. The quantitative estimate of drug-likeness (QED) is 0.719. The van der Waals surface area contributed by atoms with E-state index < -0.39 is 0 Å². The molecule has 0 unspecified atom stereocenters. The second-order valence-electron chi connectivity index (χ2n) is 3.40. The third-order valence-electron chi connectivity index (χ3n) is 2.26. The van der Waals surface area contributed by atoms with E-state index in [-0.39, 0.29) is 0 Å². The number of aromatic amines is 1. The molecule has 0 aliphatic heterocycles. The number of imidazole rings is 1. The van der Waals surface area contributed by atoms with Gasteiger partial charge in [0.2, 0.25) is 0 Å². The first-order valence-electron chi connectivity index (χ1n) is 4.56. The van der Waals surface area contributed by atoms with Crippen molar-refractivity contribution in [2.45, 2.75) is 13.8 Å². The Kier molecular flexibility index (Phi) is 2.00. The summed E-state index contributed by atoms with van der Waals surface area (Å²) >= 11 is 0. The van der Waals surface area contributed by atoms with E-state index in [1.54, 1.807) is 0 Å². The molecule has 72 valence electrons. The summed E-state index contributed by atoms with van der Waals surface area (Å²) < 4.78 is 0. The Balaban J connectivity index is 2.60. The molecule has 0 atom stereocenters. The molecule has 1 aromatic heterocycles. The minimum Gasteiger partial charge on any atom is -0.382 e. The first-order valence-corrected chi connectivity index (χ1v) is 4.56. The largest absolute Gasteiger partial charge is 0.382 e. The number of nitrogens with one attached hydrogen (secondary N) is 1. The van der Waals surface area contributed by atoms with Crippen LogP contribution in [-0.4, -0.2) is 9.97 Å². The zero-order valence-corrected chi connectivity index (χ0v) is 8.33. The highest BCUT2D eigenvalue weighted by molar-refractivity contribution is 5.72. The number of nitrogens with zero attached hydrogens (tertiary/aromatic N) is 1. The topological polar surface area (TPSA) is 54.7 Å². The molecular formula is C11H13N3. The fourth-order valence-corrected chi connectivity index (χ4v) is 1.57. The Hall–Kier alpha value is -1.77. The Bertz CT molecular complexity index is 457. The second kappa shape index (κ2) is 3.18. The van der Waals surface area contributed by atoms with Crippen LogP contribution in [0, 0.1) is 13.8 Å². The lowest BCUT2D eigenvalue weighted by Crippen LogP contribution is -1.90. The summed E-state index contributed by atoms with van der Waals surface area (Å²) in [5, 5.41) is 0. The van der Waals surface area contributed by atoms with Gasteiger partial charge in [0.15, 0.2) is 0 Å². The highest BCUT2D eigenvalue weighted by Crippen LogP contribution is 2.25. The predicted molar refractivity (Wildman–Crippen MR) is 57.9 cm³/mol. The zero-order chi connectivity index (χ0) is 10.1. The number of aryl methyl sites for hydroxylation is 2. The monoisotopic (exact) mass is 187 g/mol. The molecule has 3 nitrogen and oxygen atoms in total. The summed E-state index contributed by atoms with van der Waals surface area (Å²) in [4.78, 5) is 7.32. The van der Waals surface area contributed by atoms with Gasteiger partial charge in [-0.25, -0.2) is 4.98 Å². The molecule has 2 rings (SSSR count). The first kappa shape index (κ1) is 8.81. The average molecular weight is 187 g/mol. The normalized spacial score (nSPS) is 10.4. The van der Waals surface area contributed by atoms with Crippen molar-refractivity contribution in [3.63, 3.8) is 0 Å². The van der Waals surface area contributed by atoms with Gasteiger partial charge in [0, 0.05) is 5.56 Å². The lowest BCUT2D eigenvalue weighted by atomic mass is 10.1.